The van der Waals surface area contributed by atoms with Crippen LogP contribution in [0.1, 0.15) is 88.0 Å². The van der Waals surface area contributed by atoms with Crippen LogP contribution in [-0.2, 0) is 19.1 Å². The van der Waals surface area contributed by atoms with E-state index in [1.165, 1.54) is 0 Å². The van der Waals surface area contributed by atoms with Crippen LogP contribution in [0.15, 0.2) is 0 Å². The molecular weight excluding hydrogens is 374 g/mol. The Labute approximate surface area is 175 Å². The van der Waals surface area contributed by atoms with E-state index in [-0.39, 0.29) is 25.7 Å². The highest BCUT2D eigenvalue weighted by atomic mass is 16.6. The molecule has 3 unspecified atom stereocenters. The van der Waals surface area contributed by atoms with E-state index in [1.54, 1.807) is 20.8 Å². The predicted molar refractivity (Wildman–Crippen MR) is 112 cm³/mol. The van der Waals surface area contributed by atoms with Crippen molar-refractivity contribution in [3.05, 3.63) is 0 Å². The summed E-state index contributed by atoms with van der Waals surface area (Å²) >= 11 is 0. The van der Waals surface area contributed by atoms with E-state index in [0.29, 0.717) is 0 Å². The minimum atomic E-state index is -1.16. The number of hydrogen-bond acceptors (Lipinski definition) is 5. The molecule has 29 heavy (non-hydrogen) atoms. The van der Waals surface area contributed by atoms with Crippen molar-refractivity contribution in [3.8, 4) is 0 Å². The zero-order chi connectivity index (χ0) is 23.4. The van der Waals surface area contributed by atoms with Crippen LogP contribution in [0, 0.1) is 22.7 Å². The highest BCUT2D eigenvalue weighted by molar-refractivity contribution is 5.72. The van der Waals surface area contributed by atoms with Crippen molar-refractivity contribution >= 4 is 17.9 Å². The molecule has 0 aliphatic heterocycles. The van der Waals surface area contributed by atoms with Gasteiger partial charge in [-0.3, -0.25) is 14.4 Å². The Balaban J connectivity index is 6.15. The lowest BCUT2D eigenvalue weighted by Gasteiger charge is -2.51. The molecule has 0 rings (SSSR count). The number of aliphatic carboxylic acids is 2. The number of hydrogen-bond donors (Lipinski definition) is 3. The molecule has 0 aliphatic carbocycles. The van der Waals surface area contributed by atoms with E-state index in [2.05, 4.69) is 0 Å². The molecule has 0 aromatic rings. The third-order valence-electron chi connectivity index (χ3n) is 5.10. The molecule has 0 saturated heterocycles. The zero-order valence-electron chi connectivity index (χ0n) is 19.6. The van der Waals surface area contributed by atoms with Gasteiger partial charge in [0.25, 0.3) is 0 Å². The Morgan fingerprint density at radius 2 is 1.28 bits per heavy atom. The summed E-state index contributed by atoms with van der Waals surface area (Å²) in [5.74, 6) is -3.79. The van der Waals surface area contributed by atoms with Crippen LogP contribution in [0.25, 0.3) is 0 Å². The Morgan fingerprint density at radius 1 is 0.828 bits per heavy atom. The van der Waals surface area contributed by atoms with Gasteiger partial charge in [-0.05, 0) is 50.4 Å². The summed E-state index contributed by atoms with van der Waals surface area (Å²) in [6.07, 6.45) is 0.0221. The maximum absolute atomic E-state index is 12.3. The fraction of sp³-hybridized carbons (Fsp3) is 0.864. The maximum atomic E-state index is 12.3. The van der Waals surface area contributed by atoms with Crippen molar-refractivity contribution in [2.75, 3.05) is 0 Å². The van der Waals surface area contributed by atoms with Crippen LogP contribution in [0.2, 0.25) is 0 Å². The average Bonchev–Trinajstić information content (AvgIpc) is 2.44. The van der Waals surface area contributed by atoms with Crippen molar-refractivity contribution in [3.63, 3.8) is 0 Å². The summed E-state index contributed by atoms with van der Waals surface area (Å²) in [6.45, 7) is 16.6. The van der Waals surface area contributed by atoms with E-state index >= 15 is 0 Å². The molecule has 0 aromatic heterocycles. The monoisotopic (exact) mass is 415 g/mol. The molecule has 0 saturated carbocycles. The largest absolute Gasteiger partial charge is 0.481 e. The standard InChI is InChI=1S/C22H41NO6/c1-19(2,3)16(18(27)28)17(20(4,5)6)22(23,12-10-14(24)25)13-11-15(26)29-21(7,8)9/h16-17H,10-13,23H2,1-9H3,(H,24,25)(H,27,28). The number of ether oxygens (including phenoxy) is 1. The van der Waals surface area contributed by atoms with Crippen LogP contribution >= 0.6 is 0 Å². The third kappa shape index (κ3) is 9.15. The highest BCUT2D eigenvalue weighted by Gasteiger charge is 2.52. The summed E-state index contributed by atoms with van der Waals surface area (Å²) < 4.78 is 5.37. The van der Waals surface area contributed by atoms with E-state index in [4.69, 9.17) is 10.5 Å². The van der Waals surface area contributed by atoms with Crippen molar-refractivity contribution in [1.82, 2.24) is 0 Å². The van der Waals surface area contributed by atoms with Crippen molar-refractivity contribution in [1.29, 1.82) is 0 Å². The first kappa shape index (κ1) is 27.4. The van der Waals surface area contributed by atoms with Crippen LogP contribution in [0.4, 0.5) is 0 Å². The normalized spacial score (nSPS) is 17.2. The van der Waals surface area contributed by atoms with Gasteiger partial charge in [-0.1, -0.05) is 41.5 Å². The number of nitrogens with two attached hydrogens (primary N) is 1. The smallest absolute Gasteiger partial charge is 0.307 e. The van der Waals surface area contributed by atoms with E-state index in [1.807, 2.05) is 41.5 Å². The zero-order valence-corrected chi connectivity index (χ0v) is 19.6. The summed E-state index contributed by atoms with van der Waals surface area (Å²) in [4.78, 5) is 35.9. The number of carbonyl (C=O) groups excluding carboxylic acids is 1. The van der Waals surface area contributed by atoms with Crippen LogP contribution < -0.4 is 5.73 Å². The fourth-order valence-corrected chi connectivity index (χ4v) is 4.21. The van der Waals surface area contributed by atoms with Crippen LogP contribution in [0.3, 0.4) is 0 Å². The molecule has 0 fully saturated rings. The number of esters is 1. The van der Waals surface area contributed by atoms with Gasteiger partial charge >= 0.3 is 17.9 Å². The molecule has 0 aliphatic rings. The molecule has 0 amide bonds. The van der Waals surface area contributed by atoms with Gasteiger partial charge in [-0.2, -0.15) is 0 Å². The van der Waals surface area contributed by atoms with Crippen molar-refractivity contribution < 1.29 is 29.3 Å². The van der Waals surface area contributed by atoms with Gasteiger partial charge < -0.3 is 20.7 Å². The molecule has 0 heterocycles. The molecular formula is C22H41NO6. The summed E-state index contributed by atoms with van der Waals surface area (Å²) in [5.41, 5.74) is 3.84. The minimum Gasteiger partial charge on any atom is -0.481 e. The number of carbonyl (C=O) groups is 3. The number of carboxylic acids is 2. The van der Waals surface area contributed by atoms with Gasteiger partial charge in [-0.25, -0.2) is 0 Å². The van der Waals surface area contributed by atoms with Gasteiger partial charge in [-0.15, -0.1) is 0 Å². The Bertz CT molecular complexity index is 594. The first-order valence-corrected chi connectivity index (χ1v) is 10.2. The second-order valence-corrected chi connectivity index (χ2v) is 11.2. The summed E-state index contributed by atoms with van der Waals surface area (Å²) in [5, 5.41) is 19.3. The molecule has 170 valence electrons. The lowest BCUT2D eigenvalue weighted by atomic mass is 9.55. The SMILES string of the molecule is CC(C)(C)OC(=O)CCC(N)(CCC(=O)O)C(C(C(=O)O)C(C)(C)C)C(C)(C)C. The molecule has 0 aromatic carbocycles. The molecule has 3 atom stereocenters. The van der Waals surface area contributed by atoms with Gasteiger partial charge in [0.2, 0.25) is 0 Å². The van der Waals surface area contributed by atoms with Crippen molar-refractivity contribution in [2.24, 2.45) is 28.4 Å². The minimum absolute atomic E-state index is 0.00352. The van der Waals surface area contributed by atoms with Gasteiger partial charge in [0, 0.05) is 18.4 Å². The van der Waals surface area contributed by atoms with Gasteiger partial charge in [0.15, 0.2) is 0 Å². The second kappa shape index (κ2) is 9.45. The summed E-state index contributed by atoms with van der Waals surface area (Å²) in [6, 6.07) is 0. The molecule has 0 bridgehead atoms. The Morgan fingerprint density at radius 3 is 1.59 bits per heavy atom. The van der Waals surface area contributed by atoms with E-state index in [9.17, 15) is 24.6 Å². The van der Waals surface area contributed by atoms with E-state index in [0.717, 1.165) is 0 Å². The van der Waals surface area contributed by atoms with Gasteiger partial charge in [0.05, 0.1) is 5.92 Å². The number of carboxylic acid groups (broad SMARTS) is 2. The Kier molecular flexibility index (Phi) is 8.92. The average molecular weight is 416 g/mol. The molecule has 7 heteroatoms. The lowest BCUT2D eigenvalue weighted by Crippen LogP contribution is -2.59. The topological polar surface area (TPSA) is 127 Å². The third-order valence-corrected chi connectivity index (χ3v) is 5.10. The fourth-order valence-electron chi connectivity index (χ4n) is 4.21. The highest BCUT2D eigenvalue weighted by Crippen LogP contribution is 2.49. The summed E-state index contributed by atoms with van der Waals surface area (Å²) in [7, 11) is 0. The molecule has 0 spiro atoms. The first-order chi connectivity index (χ1) is 12.7. The van der Waals surface area contributed by atoms with E-state index < -0.39 is 51.7 Å². The lowest BCUT2D eigenvalue weighted by molar-refractivity contribution is -0.156. The molecule has 4 N–H and O–H groups in total. The van der Waals surface area contributed by atoms with Crippen LogP contribution in [-0.4, -0.2) is 39.3 Å². The van der Waals surface area contributed by atoms with Crippen LogP contribution in [0.5, 0.6) is 0 Å². The maximum Gasteiger partial charge on any atom is 0.307 e. The van der Waals surface area contributed by atoms with Crippen molar-refractivity contribution in [2.45, 2.75) is 99.1 Å². The molecule has 7 nitrogen and oxygen atoms in total. The quantitative estimate of drug-likeness (QED) is 0.484. The Hall–Kier alpha value is -1.63. The number of rotatable bonds is 9. The first-order valence-electron chi connectivity index (χ1n) is 10.2. The van der Waals surface area contributed by atoms with Gasteiger partial charge in [0.1, 0.15) is 5.60 Å². The predicted octanol–water partition coefficient (Wildman–Crippen LogP) is 4.08. The second-order valence-electron chi connectivity index (χ2n) is 11.2. The molecule has 0 radical (unpaired) electrons.